The van der Waals surface area contributed by atoms with Gasteiger partial charge in [-0.1, -0.05) is 0 Å². The van der Waals surface area contributed by atoms with Crippen LogP contribution in [0.1, 0.15) is 55.8 Å². The van der Waals surface area contributed by atoms with Gasteiger partial charge < -0.3 is 14.5 Å². The van der Waals surface area contributed by atoms with E-state index in [1.807, 2.05) is 20.8 Å². The summed E-state index contributed by atoms with van der Waals surface area (Å²) in [6.45, 7) is 6.20. The maximum Gasteiger partial charge on any atom is 0.410 e. The van der Waals surface area contributed by atoms with Crippen molar-refractivity contribution in [1.82, 2.24) is 14.9 Å². The highest BCUT2D eigenvalue weighted by Crippen LogP contribution is 2.32. The number of H-pyrrole nitrogens is 1. The van der Waals surface area contributed by atoms with Gasteiger partial charge in [-0.05, 0) is 51.8 Å². The summed E-state index contributed by atoms with van der Waals surface area (Å²) in [5, 5.41) is 0. The summed E-state index contributed by atoms with van der Waals surface area (Å²) in [6.07, 6.45) is 1.39. The number of nitrogens with one attached hydrogen (secondary N) is 1. The van der Waals surface area contributed by atoms with Crippen LogP contribution in [0.4, 0.5) is 4.79 Å². The van der Waals surface area contributed by atoms with Gasteiger partial charge >= 0.3 is 12.1 Å². The molecule has 1 N–H and O–H groups in total. The Labute approximate surface area is 146 Å². The highest BCUT2D eigenvalue weighted by Gasteiger charge is 2.34. The first-order valence-electron chi connectivity index (χ1n) is 8.36. The lowest BCUT2D eigenvalue weighted by Gasteiger charge is -2.27. The number of carbonyl (C=O) groups excluding carboxylic acids is 2. The number of imidazole rings is 1. The molecule has 1 atom stereocenters. The minimum Gasteiger partial charge on any atom is -0.465 e. The highest BCUT2D eigenvalue weighted by molar-refractivity contribution is 5.93. The molecule has 0 radical (unpaired) electrons. The lowest BCUT2D eigenvalue weighted by molar-refractivity contribution is 0.0218. The molecule has 25 heavy (non-hydrogen) atoms. The van der Waals surface area contributed by atoms with Crippen molar-refractivity contribution in [3.8, 4) is 0 Å². The van der Waals surface area contributed by atoms with Crippen molar-refractivity contribution in [3.05, 3.63) is 29.6 Å². The number of likely N-dealkylation sites (tertiary alicyclic amines) is 1. The molecule has 0 spiro atoms. The minimum atomic E-state index is -0.534. The molecule has 3 rings (SSSR count). The number of rotatable bonds is 2. The summed E-state index contributed by atoms with van der Waals surface area (Å²) in [6, 6.07) is 5.02. The van der Waals surface area contributed by atoms with Crippen LogP contribution in [0.25, 0.3) is 11.0 Å². The Balaban J connectivity index is 1.87. The van der Waals surface area contributed by atoms with E-state index in [2.05, 4.69) is 9.97 Å². The number of fused-ring (bicyclic) bond motifs is 1. The van der Waals surface area contributed by atoms with Gasteiger partial charge in [0.25, 0.3) is 0 Å². The molecule has 134 valence electrons. The second-order valence-corrected chi connectivity index (χ2v) is 7.18. The summed E-state index contributed by atoms with van der Waals surface area (Å²) in [4.78, 5) is 33.7. The van der Waals surface area contributed by atoms with Crippen molar-refractivity contribution >= 4 is 23.1 Å². The standard InChI is InChI=1S/C18H23N3O4/c1-18(2,3)25-17(23)21-9-5-6-14(21)15-19-12-8-7-11(16(22)24-4)10-13(12)20-15/h7-8,10,14H,5-6,9H2,1-4H3,(H,19,20)/t14-/m0/s1. The Hall–Kier alpha value is -2.57. The lowest BCUT2D eigenvalue weighted by atomic mass is 10.2. The number of esters is 1. The van der Waals surface area contributed by atoms with E-state index in [1.165, 1.54) is 7.11 Å². The van der Waals surface area contributed by atoms with Crippen LogP contribution in [-0.4, -0.2) is 46.2 Å². The number of benzene rings is 1. The quantitative estimate of drug-likeness (QED) is 0.843. The van der Waals surface area contributed by atoms with Gasteiger partial charge in [-0.25, -0.2) is 14.6 Å². The van der Waals surface area contributed by atoms with Crippen LogP contribution in [0, 0.1) is 0 Å². The second-order valence-electron chi connectivity index (χ2n) is 7.18. The fourth-order valence-corrected chi connectivity index (χ4v) is 3.02. The Bertz CT molecular complexity index is 806. The molecule has 0 unspecified atom stereocenters. The van der Waals surface area contributed by atoms with E-state index < -0.39 is 11.6 Å². The van der Waals surface area contributed by atoms with Gasteiger partial charge in [0.1, 0.15) is 11.4 Å². The third-order valence-corrected chi connectivity index (χ3v) is 4.12. The van der Waals surface area contributed by atoms with E-state index in [1.54, 1.807) is 23.1 Å². The first-order valence-corrected chi connectivity index (χ1v) is 8.36. The molecule has 1 saturated heterocycles. The Morgan fingerprint density at radius 1 is 1.32 bits per heavy atom. The third kappa shape index (κ3) is 3.60. The maximum atomic E-state index is 12.4. The molecule has 0 saturated carbocycles. The topological polar surface area (TPSA) is 84.5 Å². The summed E-state index contributed by atoms with van der Waals surface area (Å²) in [5.74, 6) is 0.315. The first-order chi connectivity index (χ1) is 11.8. The molecule has 1 aliphatic heterocycles. The molecule has 1 aliphatic rings. The molecule has 7 nitrogen and oxygen atoms in total. The van der Waals surface area contributed by atoms with Gasteiger partial charge in [-0.15, -0.1) is 0 Å². The fraction of sp³-hybridized carbons (Fsp3) is 0.500. The highest BCUT2D eigenvalue weighted by atomic mass is 16.6. The molecule has 0 aliphatic carbocycles. The van der Waals surface area contributed by atoms with Crippen LogP contribution in [0.5, 0.6) is 0 Å². The largest absolute Gasteiger partial charge is 0.465 e. The van der Waals surface area contributed by atoms with Crippen molar-refractivity contribution in [2.45, 2.75) is 45.3 Å². The van der Waals surface area contributed by atoms with Crippen molar-refractivity contribution in [2.24, 2.45) is 0 Å². The number of nitrogens with zero attached hydrogens (tertiary/aromatic N) is 2. The normalized spacial score (nSPS) is 17.8. The molecule has 1 amide bonds. The van der Waals surface area contributed by atoms with E-state index in [0.29, 0.717) is 17.9 Å². The van der Waals surface area contributed by atoms with Crippen LogP contribution >= 0.6 is 0 Å². The molecule has 1 aromatic heterocycles. The molecular weight excluding hydrogens is 322 g/mol. The monoisotopic (exact) mass is 345 g/mol. The Morgan fingerprint density at radius 2 is 2.08 bits per heavy atom. The van der Waals surface area contributed by atoms with E-state index in [-0.39, 0.29) is 12.1 Å². The number of aromatic amines is 1. The number of aromatic nitrogens is 2. The van der Waals surface area contributed by atoms with E-state index in [4.69, 9.17) is 9.47 Å². The number of hydrogen-bond acceptors (Lipinski definition) is 5. The van der Waals surface area contributed by atoms with Gasteiger partial charge in [0, 0.05) is 6.54 Å². The van der Waals surface area contributed by atoms with Gasteiger partial charge in [-0.2, -0.15) is 0 Å². The predicted octanol–water partition coefficient (Wildman–Crippen LogP) is 3.42. The van der Waals surface area contributed by atoms with Crippen LogP contribution in [0.3, 0.4) is 0 Å². The summed E-state index contributed by atoms with van der Waals surface area (Å²) < 4.78 is 10.2. The van der Waals surface area contributed by atoms with E-state index >= 15 is 0 Å². The number of ether oxygens (including phenoxy) is 2. The van der Waals surface area contributed by atoms with Crippen LogP contribution in [-0.2, 0) is 9.47 Å². The Kier molecular flexibility index (Phi) is 4.41. The van der Waals surface area contributed by atoms with E-state index in [0.717, 1.165) is 23.9 Å². The summed E-state index contributed by atoms with van der Waals surface area (Å²) in [5.41, 5.74) is 1.42. The predicted molar refractivity (Wildman–Crippen MR) is 92.3 cm³/mol. The smallest absolute Gasteiger partial charge is 0.410 e. The molecular formula is C18H23N3O4. The zero-order valence-electron chi connectivity index (χ0n) is 15.0. The average Bonchev–Trinajstić information content (AvgIpc) is 3.17. The fourth-order valence-electron chi connectivity index (χ4n) is 3.02. The molecule has 1 aromatic carbocycles. The van der Waals surface area contributed by atoms with Gasteiger partial charge in [0.2, 0.25) is 0 Å². The van der Waals surface area contributed by atoms with Gasteiger partial charge in [0.15, 0.2) is 0 Å². The minimum absolute atomic E-state index is 0.149. The molecule has 7 heteroatoms. The van der Waals surface area contributed by atoms with Crippen molar-refractivity contribution in [3.63, 3.8) is 0 Å². The van der Waals surface area contributed by atoms with Crippen molar-refractivity contribution < 1.29 is 19.1 Å². The van der Waals surface area contributed by atoms with Gasteiger partial charge in [-0.3, -0.25) is 4.90 Å². The summed E-state index contributed by atoms with van der Waals surface area (Å²) >= 11 is 0. The maximum absolute atomic E-state index is 12.4. The number of hydrogen-bond donors (Lipinski definition) is 1. The van der Waals surface area contributed by atoms with Crippen molar-refractivity contribution in [1.29, 1.82) is 0 Å². The molecule has 0 bridgehead atoms. The van der Waals surface area contributed by atoms with Crippen molar-refractivity contribution in [2.75, 3.05) is 13.7 Å². The second kappa shape index (κ2) is 6.38. The van der Waals surface area contributed by atoms with E-state index in [9.17, 15) is 9.59 Å². The van der Waals surface area contributed by atoms with Gasteiger partial charge in [0.05, 0.1) is 29.7 Å². The molecule has 2 heterocycles. The van der Waals surface area contributed by atoms with Crippen LogP contribution < -0.4 is 0 Å². The molecule has 1 fully saturated rings. The Morgan fingerprint density at radius 3 is 2.76 bits per heavy atom. The SMILES string of the molecule is COC(=O)c1ccc2nc([C@@H]3CCCN3C(=O)OC(C)(C)C)[nH]c2c1. The average molecular weight is 345 g/mol. The van der Waals surface area contributed by atoms with Crippen LogP contribution in [0.2, 0.25) is 0 Å². The zero-order chi connectivity index (χ0) is 18.2. The number of methoxy groups -OCH3 is 1. The number of amides is 1. The molecule has 2 aromatic rings. The zero-order valence-corrected chi connectivity index (χ0v) is 15.0. The third-order valence-electron chi connectivity index (χ3n) is 4.12. The summed E-state index contributed by atoms with van der Waals surface area (Å²) in [7, 11) is 1.35. The lowest BCUT2D eigenvalue weighted by Crippen LogP contribution is -2.36. The van der Waals surface area contributed by atoms with Crippen LogP contribution in [0.15, 0.2) is 18.2 Å². The first kappa shape index (κ1) is 17.3. The number of carbonyl (C=O) groups is 2.